The number of H-pyrrole nitrogens is 1. The summed E-state index contributed by atoms with van der Waals surface area (Å²) in [6.45, 7) is 0. The second-order valence-electron chi connectivity index (χ2n) is 4.92. The van der Waals surface area contributed by atoms with Crippen LogP contribution in [0, 0.1) is 0 Å². The molecule has 0 radical (unpaired) electrons. The molecule has 0 bridgehead atoms. The van der Waals surface area contributed by atoms with Crippen molar-refractivity contribution in [2.24, 2.45) is 0 Å². The minimum Gasteiger partial charge on any atom is -0.320 e. The Bertz CT molecular complexity index is 947. The number of anilines is 1. The molecule has 0 aromatic carbocycles. The van der Waals surface area contributed by atoms with E-state index in [1.807, 2.05) is 0 Å². The fourth-order valence-corrected chi connectivity index (χ4v) is 2.02. The topological polar surface area (TPSA) is 92.7 Å². The summed E-state index contributed by atoms with van der Waals surface area (Å²) in [6, 6.07) is 6.28. The molecule has 1 amide bonds. The Morgan fingerprint density at radius 1 is 1.20 bits per heavy atom. The number of pyridine rings is 2. The van der Waals surface area contributed by atoms with Gasteiger partial charge >= 0.3 is 6.18 Å². The van der Waals surface area contributed by atoms with Crippen LogP contribution in [0.25, 0.3) is 5.82 Å². The highest BCUT2D eigenvalue weighted by molar-refractivity contribution is 6.03. The summed E-state index contributed by atoms with van der Waals surface area (Å²) in [5.41, 5.74) is -2.52. The number of nitrogens with zero attached hydrogens (tertiary/aromatic N) is 3. The molecule has 7 nitrogen and oxygen atoms in total. The van der Waals surface area contributed by atoms with Gasteiger partial charge in [-0.25, -0.2) is 9.67 Å². The van der Waals surface area contributed by atoms with Crippen molar-refractivity contribution in [3.05, 3.63) is 70.5 Å². The van der Waals surface area contributed by atoms with Gasteiger partial charge in [-0.2, -0.15) is 18.3 Å². The van der Waals surface area contributed by atoms with Crippen molar-refractivity contribution in [1.82, 2.24) is 19.7 Å². The number of nitrogens with one attached hydrogen (secondary N) is 2. The number of carbonyl (C=O) groups is 1. The number of carbonyl (C=O) groups excluding carboxylic acids is 1. The Morgan fingerprint density at radius 2 is 2.00 bits per heavy atom. The molecule has 0 saturated heterocycles. The van der Waals surface area contributed by atoms with E-state index in [2.05, 4.69) is 15.4 Å². The number of hydrogen-bond acceptors (Lipinski definition) is 4. The van der Waals surface area contributed by atoms with Gasteiger partial charge in [-0.3, -0.25) is 9.59 Å². The Balaban J connectivity index is 1.77. The second kappa shape index (κ2) is 6.23. The SMILES string of the molecule is O=C(Nc1ccc(-n2cccn2)nc1)c1ccc(C(F)(F)F)[nH]c1=O. The van der Waals surface area contributed by atoms with Crippen LogP contribution in [-0.2, 0) is 6.18 Å². The smallest absolute Gasteiger partial charge is 0.320 e. The summed E-state index contributed by atoms with van der Waals surface area (Å²) in [6.07, 6.45) is -0.0931. The highest BCUT2D eigenvalue weighted by Crippen LogP contribution is 2.26. The van der Waals surface area contributed by atoms with E-state index >= 15 is 0 Å². The number of amides is 1. The number of aromatic amines is 1. The number of hydrogen-bond donors (Lipinski definition) is 2. The average Bonchev–Trinajstić information content (AvgIpc) is 3.09. The van der Waals surface area contributed by atoms with Crippen molar-refractivity contribution in [2.45, 2.75) is 6.18 Å². The van der Waals surface area contributed by atoms with Crippen LogP contribution in [0.3, 0.4) is 0 Å². The maximum Gasteiger partial charge on any atom is 0.431 e. The van der Waals surface area contributed by atoms with E-state index in [1.54, 1.807) is 29.5 Å². The molecular weight excluding hydrogens is 339 g/mol. The van der Waals surface area contributed by atoms with Gasteiger partial charge in [0.2, 0.25) is 0 Å². The Kier molecular flexibility index (Phi) is 4.09. The average molecular weight is 349 g/mol. The van der Waals surface area contributed by atoms with Crippen molar-refractivity contribution in [1.29, 1.82) is 0 Å². The quantitative estimate of drug-likeness (QED) is 0.758. The first-order valence-corrected chi connectivity index (χ1v) is 6.92. The third kappa shape index (κ3) is 3.57. The van der Waals surface area contributed by atoms with Crippen LogP contribution in [0.5, 0.6) is 0 Å². The number of aromatic nitrogens is 4. The molecule has 128 valence electrons. The van der Waals surface area contributed by atoms with Crippen LogP contribution in [-0.4, -0.2) is 25.7 Å². The maximum atomic E-state index is 12.5. The summed E-state index contributed by atoms with van der Waals surface area (Å²) < 4.78 is 39.1. The van der Waals surface area contributed by atoms with Crippen LogP contribution in [0.4, 0.5) is 18.9 Å². The van der Waals surface area contributed by atoms with E-state index in [-0.39, 0.29) is 5.69 Å². The molecule has 0 atom stereocenters. The van der Waals surface area contributed by atoms with Crippen LogP contribution in [0.15, 0.2) is 53.7 Å². The molecule has 0 fully saturated rings. The monoisotopic (exact) mass is 349 g/mol. The van der Waals surface area contributed by atoms with Gasteiger partial charge in [0.1, 0.15) is 11.3 Å². The second-order valence-corrected chi connectivity index (χ2v) is 4.92. The Morgan fingerprint density at radius 3 is 2.56 bits per heavy atom. The molecule has 0 unspecified atom stereocenters. The van der Waals surface area contributed by atoms with Gasteiger partial charge in [0.15, 0.2) is 5.82 Å². The van der Waals surface area contributed by atoms with Gasteiger partial charge in [-0.05, 0) is 30.3 Å². The van der Waals surface area contributed by atoms with Crippen molar-refractivity contribution in [3.8, 4) is 5.82 Å². The van der Waals surface area contributed by atoms with E-state index in [0.717, 1.165) is 6.07 Å². The van der Waals surface area contributed by atoms with Crippen LogP contribution in [0.2, 0.25) is 0 Å². The van der Waals surface area contributed by atoms with E-state index in [0.29, 0.717) is 11.9 Å². The van der Waals surface area contributed by atoms with Gasteiger partial charge < -0.3 is 10.3 Å². The Labute approximate surface area is 138 Å². The number of rotatable bonds is 3. The first kappa shape index (κ1) is 16.4. The first-order chi connectivity index (χ1) is 11.8. The lowest BCUT2D eigenvalue weighted by atomic mass is 10.2. The van der Waals surface area contributed by atoms with E-state index < -0.39 is 28.9 Å². The molecule has 0 aliphatic heterocycles. The standard InChI is InChI=1S/C15H10F3N5O2/c16-15(17,18)11-4-3-10(14(25)22-11)13(24)21-9-2-5-12(19-8-9)23-7-1-6-20-23/h1-8H,(H,21,24)(H,22,25). The summed E-state index contributed by atoms with van der Waals surface area (Å²) in [4.78, 5) is 29.5. The zero-order valence-electron chi connectivity index (χ0n) is 12.4. The predicted octanol–water partition coefficient (Wildman–Crippen LogP) is 2.23. The zero-order chi connectivity index (χ0) is 18.0. The van der Waals surface area contributed by atoms with Crippen LogP contribution < -0.4 is 10.9 Å². The minimum absolute atomic E-state index is 0.278. The predicted molar refractivity (Wildman–Crippen MR) is 81.4 cm³/mol. The molecule has 0 spiro atoms. The molecule has 3 heterocycles. The molecule has 0 aliphatic carbocycles. The molecule has 3 aromatic heterocycles. The lowest BCUT2D eigenvalue weighted by molar-refractivity contribution is -0.141. The number of halogens is 3. The summed E-state index contributed by atoms with van der Waals surface area (Å²) in [5, 5.41) is 6.39. The van der Waals surface area contributed by atoms with E-state index in [9.17, 15) is 22.8 Å². The molecule has 25 heavy (non-hydrogen) atoms. The Hall–Kier alpha value is -3.43. The first-order valence-electron chi connectivity index (χ1n) is 6.92. The lowest BCUT2D eigenvalue weighted by Crippen LogP contribution is -2.25. The lowest BCUT2D eigenvalue weighted by Gasteiger charge is -2.08. The fraction of sp³-hybridized carbons (Fsp3) is 0.0667. The van der Waals surface area contributed by atoms with Crippen molar-refractivity contribution >= 4 is 11.6 Å². The minimum atomic E-state index is -4.69. The summed E-state index contributed by atoms with van der Waals surface area (Å²) in [5.74, 6) is -0.334. The third-order valence-electron chi connectivity index (χ3n) is 3.20. The van der Waals surface area contributed by atoms with Gasteiger partial charge in [-0.15, -0.1) is 0 Å². The summed E-state index contributed by atoms with van der Waals surface area (Å²) in [7, 11) is 0. The normalized spacial score (nSPS) is 11.3. The van der Waals surface area contributed by atoms with E-state index in [1.165, 1.54) is 16.9 Å². The van der Waals surface area contributed by atoms with E-state index in [4.69, 9.17) is 0 Å². The van der Waals surface area contributed by atoms with Crippen molar-refractivity contribution in [3.63, 3.8) is 0 Å². The highest BCUT2D eigenvalue weighted by Gasteiger charge is 2.32. The maximum absolute atomic E-state index is 12.5. The van der Waals surface area contributed by atoms with Crippen LogP contribution in [0.1, 0.15) is 16.1 Å². The summed E-state index contributed by atoms with van der Waals surface area (Å²) >= 11 is 0. The molecule has 3 rings (SSSR count). The molecule has 2 N–H and O–H groups in total. The molecule has 3 aromatic rings. The molecule has 0 saturated carbocycles. The molecule has 0 aliphatic rings. The third-order valence-corrected chi connectivity index (χ3v) is 3.20. The number of alkyl halides is 3. The van der Waals surface area contributed by atoms with Crippen molar-refractivity contribution in [2.75, 3.05) is 5.32 Å². The van der Waals surface area contributed by atoms with Gasteiger partial charge in [0.25, 0.3) is 11.5 Å². The molecular formula is C15H10F3N5O2. The van der Waals surface area contributed by atoms with Crippen LogP contribution >= 0.6 is 0 Å². The van der Waals surface area contributed by atoms with Gasteiger partial charge in [-0.1, -0.05) is 0 Å². The van der Waals surface area contributed by atoms with Crippen molar-refractivity contribution < 1.29 is 18.0 Å². The van der Waals surface area contributed by atoms with Gasteiger partial charge in [0.05, 0.1) is 11.9 Å². The fourth-order valence-electron chi connectivity index (χ4n) is 2.02. The highest BCUT2D eigenvalue weighted by atomic mass is 19.4. The largest absolute Gasteiger partial charge is 0.431 e. The zero-order valence-corrected chi connectivity index (χ0v) is 12.4. The van der Waals surface area contributed by atoms with Gasteiger partial charge in [0, 0.05) is 12.4 Å². The molecule has 10 heteroatoms.